The summed E-state index contributed by atoms with van der Waals surface area (Å²) in [5.41, 5.74) is 2.09. The van der Waals surface area contributed by atoms with Crippen molar-refractivity contribution in [2.24, 2.45) is 0 Å². The third-order valence-electron chi connectivity index (χ3n) is 2.10. The molecule has 0 N–H and O–H groups in total. The Bertz CT molecular complexity index is 457. The normalized spacial score (nSPS) is 10.3. The van der Waals surface area contributed by atoms with E-state index in [-0.39, 0.29) is 5.82 Å². The summed E-state index contributed by atoms with van der Waals surface area (Å²) in [7, 11) is 0. The van der Waals surface area contributed by atoms with Crippen LogP contribution in [0.25, 0.3) is 11.1 Å². The second kappa shape index (κ2) is 3.77. The Labute approximate surface area is 86.4 Å². The van der Waals surface area contributed by atoms with E-state index < -0.39 is 5.95 Å². The van der Waals surface area contributed by atoms with Crippen LogP contribution in [0.3, 0.4) is 0 Å². The summed E-state index contributed by atoms with van der Waals surface area (Å²) in [4.78, 5) is 3.64. The molecule has 0 aliphatic rings. The topological polar surface area (TPSA) is 12.9 Å². The van der Waals surface area contributed by atoms with Crippen LogP contribution in [0.15, 0.2) is 36.4 Å². The highest BCUT2D eigenvalue weighted by Gasteiger charge is 2.02. The molecule has 1 nitrogen and oxygen atoms in total. The summed E-state index contributed by atoms with van der Waals surface area (Å²) in [6.45, 7) is 1.72. The third kappa shape index (κ3) is 2.18. The molecule has 0 fully saturated rings. The zero-order valence-corrected chi connectivity index (χ0v) is 8.17. The zero-order chi connectivity index (χ0) is 10.8. The molecule has 1 aromatic carbocycles. The number of benzene rings is 1. The molecule has 0 bridgehead atoms. The summed E-state index contributed by atoms with van der Waals surface area (Å²) in [6.07, 6.45) is 0. The number of pyridine rings is 1. The van der Waals surface area contributed by atoms with E-state index >= 15 is 0 Å². The van der Waals surface area contributed by atoms with Crippen LogP contribution in [0.4, 0.5) is 8.78 Å². The predicted molar refractivity (Wildman–Crippen MR) is 54.3 cm³/mol. The molecule has 2 rings (SSSR count). The van der Waals surface area contributed by atoms with Gasteiger partial charge in [-0.2, -0.15) is 4.39 Å². The quantitative estimate of drug-likeness (QED) is 0.650. The molecule has 0 aliphatic heterocycles. The maximum atomic E-state index is 13.0. The minimum absolute atomic E-state index is 0.301. The van der Waals surface area contributed by atoms with Gasteiger partial charge in [-0.25, -0.2) is 9.37 Å². The van der Waals surface area contributed by atoms with E-state index in [1.54, 1.807) is 25.1 Å². The number of hydrogen-bond donors (Lipinski definition) is 0. The maximum Gasteiger partial charge on any atom is 0.213 e. The summed E-state index contributed by atoms with van der Waals surface area (Å²) in [5, 5.41) is 0. The van der Waals surface area contributed by atoms with Crippen molar-refractivity contribution in [3.8, 4) is 11.1 Å². The smallest absolute Gasteiger partial charge is 0.213 e. The van der Waals surface area contributed by atoms with E-state index in [1.165, 1.54) is 18.2 Å². The van der Waals surface area contributed by atoms with E-state index in [0.29, 0.717) is 11.3 Å². The molecule has 0 saturated carbocycles. The first-order chi connectivity index (χ1) is 7.15. The van der Waals surface area contributed by atoms with Crippen molar-refractivity contribution in [1.82, 2.24) is 4.98 Å². The van der Waals surface area contributed by atoms with Crippen LogP contribution in [0, 0.1) is 18.7 Å². The molecule has 1 heterocycles. The SMILES string of the molecule is Cc1cc(-c2ccc(F)cc2)cc(F)n1. The van der Waals surface area contributed by atoms with Gasteiger partial charge in [0.1, 0.15) is 5.82 Å². The highest BCUT2D eigenvalue weighted by atomic mass is 19.1. The van der Waals surface area contributed by atoms with Crippen molar-refractivity contribution >= 4 is 0 Å². The molecule has 76 valence electrons. The van der Waals surface area contributed by atoms with E-state index in [0.717, 1.165) is 5.56 Å². The first-order valence-electron chi connectivity index (χ1n) is 4.55. The molecule has 0 unspecified atom stereocenters. The van der Waals surface area contributed by atoms with Gasteiger partial charge in [0.15, 0.2) is 0 Å². The van der Waals surface area contributed by atoms with Crippen LogP contribution in [-0.4, -0.2) is 4.98 Å². The van der Waals surface area contributed by atoms with Gasteiger partial charge in [-0.05, 0) is 36.2 Å². The summed E-state index contributed by atoms with van der Waals surface area (Å²) in [5.74, 6) is -0.820. The van der Waals surface area contributed by atoms with Crippen LogP contribution >= 0.6 is 0 Å². The fraction of sp³-hybridized carbons (Fsp3) is 0.0833. The molecule has 2 aromatic rings. The first kappa shape index (κ1) is 9.77. The molecule has 0 amide bonds. The lowest BCUT2D eigenvalue weighted by atomic mass is 10.1. The highest BCUT2D eigenvalue weighted by molar-refractivity contribution is 5.63. The lowest BCUT2D eigenvalue weighted by Gasteiger charge is -2.02. The Balaban J connectivity index is 2.49. The van der Waals surface area contributed by atoms with Crippen LogP contribution in [0.2, 0.25) is 0 Å². The van der Waals surface area contributed by atoms with Crippen molar-refractivity contribution < 1.29 is 8.78 Å². The van der Waals surface area contributed by atoms with Gasteiger partial charge in [-0.3, -0.25) is 0 Å². The Hall–Kier alpha value is -1.77. The number of nitrogens with zero attached hydrogens (tertiary/aromatic N) is 1. The van der Waals surface area contributed by atoms with Gasteiger partial charge in [-0.15, -0.1) is 0 Å². The Kier molecular flexibility index (Phi) is 2.46. The number of aryl methyl sites for hydroxylation is 1. The van der Waals surface area contributed by atoms with Crippen LogP contribution in [-0.2, 0) is 0 Å². The first-order valence-corrected chi connectivity index (χ1v) is 4.55. The Morgan fingerprint density at radius 2 is 1.60 bits per heavy atom. The van der Waals surface area contributed by atoms with E-state index in [4.69, 9.17) is 0 Å². The summed E-state index contributed by atoms with van der Waals surface area (Å²) >= 11 is 0. The number of aromatic nitrogens is 1. The average Bonchev–Trinajstić information content (AvgIpc) is 2.17. The van der Waals surface area contributed by atoms with Gasteiger partial charge < -0.3 is 0 Å². The van der Waals surface area contributed by atoms with Crippen LogP contribution in [0.1, 0.15) is 5.69 Å². The largest absolute Gasteiger partial charge is 0.225 e. The molecule has 0 aliphatic carbocycles. The van der Waals surface area contributed by atoms with Crippen LogP contribution < -0.4 is 0 Å². The molecule has 0 radical (unpaired) electrons. The minimum atomic E-state index is -0.519. The molecule has 0 spiro atoms. The summed E-state index contributed by atoms with van der Waals surface area (Å²) in [6, 6.07) is 9.02. The van der Waals surface area contributed by atoms with Gasteiger partial charge in [0.25, 0.3) is 0 Å². The summed E-state index contributed by atoms with van der Waals surface area (Å²) < 4.78 is 25.7. The van der Waals surface area contributed by atoms with Gasteiger partial charge in [0, 0.05) is 11.8 Å². The fourth-order valence-corrected chi connectivity index (χ4v) is 1.44. The third-order valence-corrected chi connectivity index (χ3v) is 2.10. The van der Waals surface area contributed by atoms with Crippen LogP contribution in [0.5, 0.6) is 0 Å². The van der Waals surface area contributed by atoms with Crippen molar-refractivity contribution in [2.45, 2.75) is 6.92 Å². The maximum absolute atomic E-state index is 13.0. The number of halogens is 2. The van der Waals surface area contributed by atoms with Gasteiger partial charge in [0.2, 0.25) is 5.95 Å². The highest BCUT2D eigenvalue weighted by Crippen LogP contribution is 2.20. The van der Waals surface area contributed by atoms with Gasteiger partial charge >= 0.3 is 0 Å². The molecule has 0 saturated heterocycles. The molecular weight excluding hydrogens is 196 g/mol. The lowest BCUT2D eigenvalue weighted by Crippen LogP contribution is -1.89. The number of rotatable bonds is 1. The number of hydrogen-bond acceptors (Lipinski definition) is 1. The predicted octanol–water partition coefficient (Wildman–Crippen LogP) is 3.34. The molecule has 3 heteroatoms. The van der Waals surface area contributed by atoms with E-state index in [2.05, 4.69) is 4.98 Å². The average molecular weight is 205 g/mol. The standard InChI is InChI=1S/C12H9F2N/c1-8-6-10(7-12(14)15-8)9-2-4-11(13)5-3-9/h2-7H,1H3. The van der Waals surface area contributed by atoms with Crippen molar-refractivity contribution in [1.29, 1.82) is 0 Å². The fourth-order valence-electron chi connectivity index (χ4n) is 1.44. The molecule has 1 aromatic heterocycles. The van der Waals surface area contributed by atoms with Crippen molar-refractivity contribution in [3.05, 3.63) is 53.9 Å². The Morgan fingerprint density at radius 3 is 2.20 bits per heavy atom. The molecule has 0 atom stereocenters. The van der Waals surface area contributed by atoms with Crippen molar-refractivity contribution in [2.75, 3.05) is 0 Å². The lowest BCUT2D eigenvalue weighted by molar-refractivity contribution is 0.581. The molecule has 15 heavy (non-hydrogen) atoms. The van der Waals surface area contributed by atoms with E-state index in [1.807, 2.05) is 0 Å². The minimum Gasteiger partial charge on any atom is -0.225 e. The second-order valence-electron chi connectivity index (χ2n) is 3.33. The van der Waals surface area contributed by atoms with Gasteiger partial charge in [0.05, 0.1) is 0 Å². The second-order valence-corrected chi connectivity index (χ2v) is 3.33. The van der Waals surface area contributed by atoms with Gasteiger partial charge in [-0.1, -0.05) is 12.1 Å². The molecular formula is C12H9F2N. The Morgan fingerprint density at radius 1 is 0.933 bits per heavy atom. The monoisotopic (exact) mass is 205 g/mol. The zero-order valence-electron chi connectivity index (χ0n) is 8.17. The van der Waals surface area contributed by atoms with Crippen molar-refractivity contribution in [3.63, 3.8) is 0 Å². The van der Waals surface area contributed by atoms with E-state index in [9.17, 15) is 8.78 Å².